The molecule has 2 nitrogen and oxygen atoms in total. The van der Waals surface area contributed by atoms with Gasteiger partial charge in [-0.05, 0) is 19.3 Å². The molecule has 0 aliphatic carbocycles. The summed E-state index contributed by atoms with van der Waals surface area (Å²) in [6, 6.07) is 0. The summed E-state index contributed by atoms with van der Waals surface area (Å²) >= 11 is 6.15. The van der Waals surface area contributed by atoms with Gasteiger partial charge in [0.05, 0.1) is 12.7 Å². The zero-order valence-corrected chi connectivity index (χ0v) is 10.7. The highest BCUT2D eigenvalue weighted by molar-refractivity contribution is 6.30. The summed E-state index contributed by atoms with van der Waals surface area (Å²) in [7, 11) is 0. The molecule has 0 aromatic carbocycles. The molecular formula is C11H18ClFN2. The van der Waals surface area contributed by atoms with Gasteiger partial charge in [-0.1, -0.05) is 32.4 Å². The standard InChI is InChI=1S/C11H18ClFN2/c1-10(2,3)8-6-14-15(9(8)12)7-11(4,5)13/h6H,7H2,1-5H3. The highest BCUT2D eigenvalue weighted by atomic mass is 35.5. The fourth-order valence-corrected chi connectivity index (χ4v) is 1.78. The van der Waals surface area contributed by atoms with Gasteiger partial charge in [-0.25, -0.2) is 4.39 Å². The molecule has 1 aromatic rings. The maximum absolute atomic E-state index is 13.4. The van der Waals surface area contributed by atoms with Crippen LogP contribution in [0.25, 0.3) is 0 Å². The highest BCUT2D eigenvalue weighted by Gasteiger charge is 2.24. The molecule has 0 aliphatic heterocycles. The topological polar surface area (TPSA) is 17.8 Å². The fraction of sp³-hybridized carbons (Fsp3) is 0.727. The van der Waals surface area contributed by atoms with Crippen LogP contribution in [0.5, 0.6) is 0 Å². The molecule has 0 amide bonds. The van der Waals surface area contributed by atoms with E-state index >= 15 is 0 Å². The first kappa shape index (κ1) is 12.5. The Balaban J connectivity index is 3.00. The lowest BCUT2D eigenvalue weighted by molar-refractivity contribution is 0.179. The van der Waals surface area contributed by atoms with Crippen molar-refractivity contribution >= 4 is 11.6 Å². The maximum atomic E-state index is 13.4. The number of aromatic nitrogens is 2. The van der Waals surface area contributed by atoms with Gasteiger partial charge in [0.2, 0.25) is 0 Å². The summed E-state index contributed by atoms with van der Waals surface area (Å²) in [6.45, 7) is 9.38. The lowest BCUT2D eigenvalue weighted by Gasteiger charge is -2.18. The van der Waals surface area contributed by atoms with E-state index in [0.717, 1.165) is 5.56 Å². The molecule has 0 bridgehead atoms. The third-order valence-corrected chi connectivity index (χ3v) is 2.51. The van der Waals surface area contributed by atoms with Gasteiger partial charge in [0.1, 0.15) is 10.8 Å². The molecule has 0 saturated heterocycles. The van der Waals surface area contributed by atoms with Gasteiger partial charge in [0.25, 0.3) is 0 Å². The lowest BCUT2D eigenvalue weighted by atomic mass is 9.90. The SMILES string of the molecule is CC(C)(F)Cn1ncc(C(C)(C)C)c1Cl. The summed E-state index contributed by atoms with van der Waals surface area (Å²) < 4.78 is 15.0. The van der Waals surface area contributed by atoms with Gasteiger partial charge in [-0.15, -0.1) is 0 Å². The Hall–Kier alpha value is -0.570. The quantitative estimate of drug-likeness (QED) is 0.762. The van der Waals surface area contributed by atoms with Crippen LogP contribution in [0, 0.1) is 0 Å². The van der Waals surface area contributed by atoms with Crippen molar-refractivity contribution in [3.05, 3.63) is 16.9 Å². The predicted octanol–water partition coefficient (Wildman–Crippen LogP) is 3.58. The molecule has 1 aromatic heterocycles. The molecule has 0 radical (unpaired) electrons. The zero-order chi connectivity index (χ0) is 11.9. The molecule has 0 N–H and O–H groups in total. The smallest absolute Gasteiger partial charge is 0.130 e. The fourth-order valence-electron chi connectivity index (χ4n) is 1.34. The van der Waals surface area contributed by atoms with Gasteiger partial charge in [0.15, 0.2) is 0 Å². The first-order valence-electron chi connectivity index (χ1n) is 5.02. The van der Waals surface area contributed by atoms with Crippen LogP contribution in [0.15, 0.2) is 6.20 Å². The number of hydrogen-bond acceptors (Lipinski definition) is 1. The molecule has 0 aliphatic rings. The largest absolute Gasteiger partial charge is 0.251 e. The minimum atomic E-state index is -1.30. The van der Waals surface area contributed by atoms with Crippen molar-refractivity contribution < 1.29 is 4.39 Å². The molecule has 0 atom stereocenters. The van der Waals surface area contributed by atoms with Crippen molar-refractivity contribution in [2.24, 2.45) is 0 Å². The molecule has 0 unspecified atom stereocenters. The van der Waals surface area contributed by atoms with E-state index in [4.69, 9.17) is 11.6 Å². The van der Waals surface area contributed by atoms with Crippen LogP contribution >= 0.6 is 11.6 Å². The Morgan fingerprint density at radius 3 is 2.20 bits per heavy atom. The van der Waals surface area contributed by atoms with Crippen molar-refractivity contribution in [2.45, 2.75) is 52.2 Å². The molecule has 15 heavy (non-hydrogen) atoms. The van der Waals surface area contributed by atoms with Crippen molar-refractivity contribution in [3.8, 4) is 0 Å². The zero-order valence-electron chi connectivity index (χ0n) is 9.93. The van der Waals surface area contributed by atoms with Crippen LogP contribution in [0.2, 0.25) is 5.15 Å². The van der Waals surface area contributed by atoms with Crippen molar-refractivity contribution in [2.75, 3.05) is 0 Å². The van der Waals surface area contributed by atoms with Crippen molar-refractivity contribution in [1.29, 1.82) is 0 Å². The van der Waals surface area contributed by atoms with E-state index in [0.29, 0.717) is 5.15 Å². The van der Waals surface area contributed by atoms with Crippen LogP contribution in [-0.4, -0.2) is 15.4 Å². The number of hydrogen-bond donors (Lipinski definition) is 0. The van der Waals surface area contributed by atoms with E-state index < -0.39 is 5.67 Å². The van der Waals surface area contributed by atoms with E-state index in [2.05, 4.69) is 25.9 Å². The Kier molecular flexibility index (Phi) is 3.15. The van der Waals surface area contributed by atoms with Gasteiger partial charge < -0.3 is 0 Å². The van der Waals surface area contributed by atoms with Gasteiger partial charge >= 0.3 is 0 Å². The van der Waals surface area contributed by atoms with E-state index in [9.17, 15) is 4.39 Å². The predicted molar refractivity (Wildman–Crippen MR) is 61.1 cm³/mol. The minimum Gasteiger partial charge on any atom is -0.251 e. The van der Waals surface area contributed by atoms with Crippen molar-refractivity contribution in [1.82, 2.24) is 9.78 Å². The molecule has 0 saturated carbocycles. The van der Waals surface area contributed by atoms with E-state index in [1.165, 1.54) is 18.5 Å². The number of rotatable bonds is 2. The first-order valence-corrected chi connectivity index (χ1v) is 5.40. The van der Waals surface area contributed by atoms with Crippen LogP contribution < -0.4 is 0 Å². The van der Waals surface area contributed by atoms with Crippen LogP contribution in [-0.2, 0) is 12.0 Å². The Morgan fingerprint density at radius 2 is 1.87 bits per heavy atom. The molecule has 0 fully saturated rings. The highest BCUT2D eigenvalue weighted by Crippen LogP contribution is 2.29. The molecular weight excluding hydrogens is 215 g/mol. The van der Waals surface area contributed by atoms with E-state index in [-0.39, 0.29) is 12.0 Å². The van der Waals surface area contributed by atoms with Crippen LogP contribution in [0.1, 0.15) is 40.2 Å². The molecule has 1 heterocycles. The normalized spacial score (nSPS) is 13.3. The summed E-state index contributed by atoms with van der Waals surface area (Å²) in [5, 5.41) is 4.65. The van der Waals surface area contributed by atoms with Gasteiger partial charge in [0, 0.05) is 5.56 Å². The third-order valence-electron chi connectivity index (χ3n) is 2.11. The van der Waals surface area contributed by atoms with Crippen LogP contribution in [0.3, 0.4) is 0 Å². The maximum Gasteiger partial charge on any atom is 0.130 e. The van der Waals surface area contributed by atoms with E-state index in [1.54, 1.807) is 6.20 Å². The summed E-state index contributed by atoms with van der Waals surface area (Å²) in [4.78, 5) is 0. The summed E-state index contributed by atoms with van der Waals surface area (Å²) in [5.74, 6) is 0. The van der Waals surface area contributed by atoms with Crippen molar-refractivity contribution in [3.63, 3.8) is 0 Å². The van der Waals surface area contributed by atoms with E-state index in [1.807, 2.05) is 0 Å². The second kappa shape index (κ2) is 3.78. The minimum absolute atomic E-state index is 0.0597. The average Bonchev–Trinajstić information content (AvgIpc) is 2.27. The van der Waals surface area contributed by atoms with Gasteiger partial charge in [-0.3, -0.25) is 4.68 Å². The second-order valence-corrected chi connectivity index (χ2v) is 5.83. The average molecular weight is 233 g/mol. The second-order valence-electron chi connectivity index (χ2n) is 5.48. The third kappa shape index (κ3) is 3.20. The summed E-state index contributed by atoms with van der Waals surface area (Å²) in [5.41, 5.74) is -0.408. The van der Waals surface area contributed by atoms with Gasteiger partial charge in [-0.2, -0.15) is 5.10 Å². The molecule has 86 valence electrons. The molecule has 1 rings (SSSR count). The molecule has 4 heteroatoms. The Bertz CT molecular complexity index is 344. The number of alkyl halides is 1. The Morgan fingerprint density at radius 1 is 1.33 bits per heavy atom. The number of halogens is 2. The first-order chi connectivity index (χ1) is 6.61. The molecule has 0 spiro atoms. The Labute approximate surface area is 95.4 Å². The monoisotopic (exact) mass is 232 g/mol. The van der Waals surface area contributed by atoms with Crippen LogP contribution in [0.4, 0.5) is 4.39 Å². The summed E-state index contributed by atoms with van der Waals surface area (Å²) in [6.07, 6.45) is 1.72. The lowest BCUT2D eigenvalue weighted by Crippen LogP contribution is -2.22. The number of nitrogens with zero attached hydrogens (tertiary/aromatic N) is 2.